The summed E-state index contributed by atoms with van der Waals surface area (Å²) in [5.74, 6) is 2.68. The Kier molecular flexibility index (Phi) is 4.61. The van der Waals surface area contributed by atoms with Crippen molar-refractivity contribution in [1.29, 1.82) is 0 Å². The van der Waals surface area contributed by atoms with E-state index in [1.807, 2.05) is 17.5 Å². The van der Waals surface area contributed by atoms with Crippen molar-refractivity contribution in [1.82, 2.24) is 10.6 Å². The average Bonchev–Trinajstić information content (AvgIpc) is 3.05. The number of nitrogens with one attached hydrogen (secondary N) is 2. The molecule has 0 saturated heterocycles. The first-order chi connectivity index (χ1) is 12.0. The molecule has 2 amide bonds. The Balaban J connectivity index is 1.35. The molecular formula is C20H28N2O2S. The van der Waals surface area contributed by atoms with Gasteiger partial charge in [0.2, 0.25) is 11.8 Å². The molecule has 4 nitrogen and oxygen atoms in total. The van der Waals surface area contributed by atoms with Crippen molar-refractivity contribution in [3.05, 3.63) is 22.4 Å². The molecule has 4 saturated carbocycles. The predicted molar refractivity (Wildman–Crippen MR) is 99.1 cm³/mol. The van der Waals surface area contributed by atoms with Crippen molar-refractivity contribution in [2.75, 3.05) is 6.54 Å². The van der Waals surface area contributed by atoms with Gasteiger partial charge in [0, 0.05) is 18.3 Å². The highest BCUT2D eigenvalue weighted by Crippen LogP contribution is 2.59. The number of carbonyl (C=O) groups is 2. The van der Waals surface area contributed by atoms with Crippen LogP contribution in [0.1, 0.15) is 62.8 Å². The summed E-state index contributed by atoms with van der Waals surface area (Å²) >= 11 is 1.59. The Hall–Kier alpha value is -1.36. The third kappa shape index (κ3) is 3.76. The van der Waals surface area contributed by atoms with Crippen LogP contribution in [0, 0.1) is 23.2 Å². The lowest BCUT2D eigenvalue weighted by atomic mass is 9.49. The number of carbonyl (C=O) groups excluding carboxylic acids is 2. The molecular weight excluding hydrogens is 332 g/mol. The van der Waals surface area contributed by atoms with E-state index in [9.17, 15) is 9.59 Å². The molecule has 1 aromatic heterocycles. The number of hydrogen-bond acceptors (Lipinski definition) is 3. The van der Waals surface area contributed by atoms with E-state index in [0.29, 0.717) is 11.8 Å². The molecule has 0 spiro atoms. The summed E-state index contributed by atoms with van der Waals surface area (Å²) in [5, 5.41) is 8.12. The fourth-order valence-corrected chi connectivity index (χ4v) is 6.79. The third-order valence-electron chi connectivity index (χ3n) is 6.48. The van der Waals surface area contributed by atoms with Gasteiger partial charge >= 0.3 is 0 Å². The van der Waals surface area contributed by atoms with E-state index < -0.39 is 0 Å². The molecule has 4 bridgehead atoms. The smallest absolute Gasteiger partial charge is 0.222 e. The first-order valence-corrected chi connectivity index (χ1v) is 10.5. The maximum Gasteiger partial charge on any atom is 0.222 e. The van der Waals surface area contributed by atoms with Gasteiger partial charge in [-0.3, -0.25) is 9.59 Å². The molecule has 1 aromatic rings. The Morgan fingerprint density at radius 1 is 1.20 bits per heavy atom. The van der Waals surface area contributed by atoms with Crippen molar-refractivity contribution < 1.29 is 9.59 Å². The van der Waals surface area contributed by atoms with Gasteiger partial charge in [-0.25, -0.2) is 0 Å². The zero-order valence-corrected chi connectivity index (χ0v) is 15.7. The summed E-state index contributed by atoms with van der Waals surface area (Å²) in [7, 11) is 0. The number of hydrogen-bond donors (Lipinski definition) is 2. The van der Waals surface area contributed by atoms with Crippen LogP contribution in [0.3, 0.4) is 0 Å². The second kappa shape index (κ2) is 6.75. The van der Waals surface area contributed by atoms with Crippen molar-refractivity contribution in [2.45, 2.75) is 57.9 Å². The van der Waals surface area contributed by atoms with Crippen molar-refractivity contribution in [3.63, 3.8) is 0 Å². The van der Waals surface area contributed by atoms with Crippen molar-refractivity contribution in [2.24, 2.45) is 23.2 Å². The predicted octanol–water partition coefficient (Wildman–Crippen LogP) is 3.65. The monoisotopic (exact) mass is 360 g/mol. The first kappa shape index (κ1) is 17.1. The summed E-state index contributed by atoms with van der Waals surface area (Å²) in [5.41, 5.74) is 0.358. The lowest BCUT2D eigenvalue weighted by Crippen LogP contribution is -2.51. The third-order valence-corrected chi connectivity index (χ3v) is 7.47. The molecule has 0 aliphatic heterocycles. The second-order valence-electron chi connectivity index (χ2n) is 8.67. The average molecular weight is 361 g/mol. The molecule has 4 aliphatic rings. The molecule has 1 atom stereocenters. The van der Waals surface area contributed by atoms with Gasteiger partial charge in [0.05, 0.1) is 12.5 Å². The minimum Gasteiger partial charge on any atom is -0.355 e. The summed E-state index contributed by atoms with van der Waals surface area (Å²) in [6.07, 6.45) is 8.52. The van der Waals surface area contributed by atoms with E-state index in [-0.39, 0.29) is 17.9 Å². The Labute approximate surface area is 153 Å². The molecule has 0 aromatic carbocycles. The Morgan fingerprint density at radius 2 is 1.84 bits per heavy atom. The van der Waals surface area contributed by atoms with Gasteiger partial charge in [-0.15, -0.1) is 11.3 Å². The number of thiophene rings is 1. The van der Waals surface area contributed by atoms with Gasteiger partial charge in [0.1, 0.15) is 0 Å². The van der Waals surface area contributed by atoms with Crippen LogP contribution >= 0.6 is 11.3 Å². The molecule has 25 heavy (non-hydrogen) atoms. The molecule has 4 aliphatic carbocycles. The van der Waals surface area contributed by atoms with E-state index in [1.54, 1.807) is 11.3 Å². The maximum absolute atomic E-state index is 12.6. The van der Waals surface area contributed by atoms with Crippen LogP contribution in [0.4, 0.5) is 0 Å². The lowest BCUT2D eigenvalue weighted by Gasteiger charge is -2.56. The molecule has 5 heteroatoms. The molecule has 5 rings (SSSR count). The van der Waals surface area contributed by atoms with Crippen LogP contribution in [0.25, 0.3) is 0 Å². The van der Waals surface area contributed by atoms with E-state index in [4.69, 9.17) is 0 Å². The van der Waals surface area contributed by atoms with Gasteiger partial charge in [0.15, 0.2) is 0 Å². The van der Waals surface area contributed by atoms with Crippen molar-refractivity contribution in [3.8, 4) is 0 Å². The first-order valence-electron chi connectivity index (χ1n) is 9.58. The number of rotatable bonds is 6. The summed E-state index contributed by atoms with van der Waals surface area (Å²) in [6.45, 7) is 2.33. The lowest BCUT2D eigenvalue weighted by molar-refractivity contribution is -0.124. The minimum atomic E-state index is -0.214. The van der Waals surface area contributed by atoms with Crippen LogP contribution in [0.5, 0.6) is 0 Å². The van der Waals surface area contributed by atoms with Crippen LogP contribution in [-0.2, 0) is 9.59 Å². The largest absolute Gasteiger partial charge is 0.355 e. The highest BCUT2D eigenvalue weighted by molar-refractivity contribution is 7.10. The van der Waals surface area contributed by atoms with Gasteiger partial charge in [-0.2, -0.15) is 0 Å². The topological polar surface area (TPSA) is 58.2 Å². The van der Waals surface area contributed by atoms with E-state index in [0.717, 1.165) is 29.2 Å². The summed E-state index contributed by atoms with van der Waals surface area (Å²) in [4.78, 5) is 25.1. The SMILES string of the molecule is CC(=O)NC(CC(=O)NCC12CC3CC(CC(C3)C1)C2)c1cccs1. The normalized spacial score (nSPS) is 33.9. The van der Waals surface area contributed by atoms with Gasteiger partial charge in [-0.1, -0.05) is 6.07 Å². The standard InChI is InChI=1S/C20H28N2O2S/c1-13(23)22-17(18-3-2-4-25-18)8-19(24)21-12-20-9-14-5-15(10-20)7-16(6-14)11-20/h2-4,14-17H,5-12H2,1H3,(H,21,24)(H,22,23). The minimum absolute atomic E-state index is 0.0582. The molecule has 1 unspecified atom stereocenters. The highest BCUT2D eigenvalue weighted by Gasteiger charge is 2.50. The zero-order chi connectivity index (χ0) is 17.4. The van der Waals surface area contributed by atoms with E-state index in [1.165, 1.54) is 45.4 Å². The maximum atomic E-state index is 12.6. The molecule has 4 fully saturated rings. The van der Waals surface area contributed by atoms with Crippen LogP contribution in [0.2, 0.25) is 0 Å². The summed E-state index contributed by atoms with van der Waals surface area (Å²) < 4.78 is 0. The zero-order valence-electron chi connectivity index (χ0n) is 14.9. The van der Waals surface area contributed by atoms with Crippen LogP contribution < -0.4 is 10.6 Å². The van der Waals surface area contributed by atoms with Gasteiger partial charge < -0.3 is 10.6 Å². The Bertz CT molecular complexity index is 605. The number of amides is 2. The Morgan fingerprint density at radius 3 is 2.36 bits per heavy atom. The van der Waals surface area contributed by atoms with Crippen LogP contribution in [0.15, 0.2) is 17.5 Å². The molecule has 1 heterocycles. The van der Waals surface area contributed by atoms with Crippen molar-refractivity contribution >= 4 is 23.2 Å². The molecule has 2 N–H and O–H groups in total. The highest BCUT2D eigenvalue weighted by atomic mass is 32.1. The molecule has 0 radical (unpaired) electrons. The fourth-order valence-electron chi connectivity index (χ4n) is 6.01. The second-order valence-corrected chi connectivity index (χ2v) is 9.65. The fraction of sp³-hybridized carbons (Fsp3) is 0.700. The quantitative estimate of drug-likeness (QED) is 0.813. The molecule has 136 valence electrons. The van der Waals surface area contributed by atoms with Gasteiger partial charge in [0.25, 0.3) is 0 Å². The van der Waals surface area contributed by atoms with Gasteiger partial charge in [-0.05, 0) is 73.1 Å². The van der Waals surface area contributed by atoms with E-state index in [2.05, 4.69) is 10.6 Å². The van der Waals surface area contributed by atoms with E-state index >= 15 is 0 Å². The summed E-state index contributed by atoms with van der Waals surface area (Å²) in [6, 6.07) is 3.73. The van der Waals surface area contributed by atoms with Crippen LogP contribution in [-0.4, -0.2) is 18.4 Å².